The van der Waals surface area contributed by atoms with E-state index in [0.717, 1.165) is 49.4 Å². The van der Waals surface area contributed by atoms with Crippen molar-refractivity contribution in [1.82, 2.24) is 25.8 Å². The monoisotopic (exact) mass is 563 g/mol. The summed E-state index contributed by atoms with van der Waals surface area (Å²) < 4.78 is 5.45. The lowest BCUT2D eigenvalue weighted by Gasteiger charge is -2.30. The molecular formula is C30H37N5O6. The Morgan fingerprint density at radius 3 is 2.68 bits per heavy atom. The van der Waals surface area contributed by atoms with Crippen LogP contribution in [0.15, 0.2) is 24.3 Å². The Kier molecular flexibility index (Phi) is 7.44. The second kappa shape index (κ2) is 11.2. The van der Waals surface area contributed by atoms with Gasteiger partial charge in [0.25, 0.3) is 11.8 Å². The Hall–Kier alpha value is -3.89. The summed E-state index contributed by atoms with van der Waals surface area (Å²) in [6.07, 6.45) is 5.74. The third kappa shape index (κ3) is 5.41. The Bertz CT molecular complexity index is 1380. The standard InChI is InChI=1S/C30H37N5O6/c1-41-24-9-3-8-21-20(24)14-23(33-21)30(40)35-15-17-5-2-7-19(17)25(35)28(38)34-22(13-16-6-4-12-31-27(16)37)26(36)29(39)32-18-10-11-18/h3,8-9,14,16-19,22,25,33H,2,4-7,10-13,15H2,1H3,(H,31,37)(H,32,39)(H,34,38)/t16-,17-,19-,22?,25-/m0/s1. The molecule has 2 aliphatic heterocycles. The van der Waals surface area contributed by atoms with Gasteiger partial charge < -0.3 is 30.6 Å². The molecule has 4 aliphatic rings. The number of aromatic amines is 1. The zero-order valence-electron chi connectivity index (χ0n) is 23.2. The van der Waals surface area contributed by atoms with Gasteiger partial charge in [-0.15, -0.1) is 0 Å². The first-order valence-electron chi connectivity index (χ1n) is 14.7. The Labute approximate surface area is 238 Å². The highest BCUT2D eigenvalue weighted by Gasteiger charge is 2.50. The highest BCUT2D eigenvalue weighted by molar-refractivity contribution is 6.38. The minimum atomic E-state index is -1.15. The van der Waals surface area contributed by atoms with E-state index in [1.165, 1.54) is 0 Å². The first kappa shape index (κ1) is 27.3. The number of fused-ring (bicyclic) bond motifs is 2. The van der Waals surface area contributed by atoms with E-state index in [1.807, 2.05) is 18.2 Å². The van der Waals surface area contributed by atoms with E-state index in [4.69, 9.17) is 4.74 Å². The fourth-order valence-electron chi connectivity index (χ4n) is 6.90. The van der Waals surface area contributed by atoms with Gasteiger partial charge in [0.05, 0.1) is 13.2 Å². The molecule has 0 spiro atoms. The van der Waals surface area contributed by atoms with Crippen LogP contribution in [0.3, 0.4) is 0 Å². The summed E-state index contributed by atoms with van der Waals surface area (Å²) in [5.74, 6) is -2.08. The number of aromatic nitrogens is 1. The van der Waals surface area contributed by atoms with Gasteiger partial charge in [0.1, 0.15) is 17.5 Å². The minimum absolute atomic E-state index is 0.0158. The van der Waals surface area contributed by atoms with E-state index in [9.17, 15) is 24.0 Å². The van der Waals surface area contributed by atoms with Crippen molar-refractivity contribution in [3.8, 4) is 5.75 Å². The number of carbonyl (C=O) groups is 5. The molecule has 4 N–H and O–H groups in total. The van der Waals surface area contributed by atoms with Crippen molar-refractivity contribution in [3.63, 3.8) is 0 Å². The third-order valence-electron chi connectivity index (χ3n) is 9.18. The number of methoxy groups -OCH3 is 1. The lowest BCUT2D eigenvalue weighted by atomic mass is 9.89. The van der Waals surface area contributed by atoms with Crippen molar-refractivity contribution in [2.45, 2.75) is 69.5 Å². The van der Waals surface area contributed by atoms with Crippen molar-refractivity contribution < 1.29 is 28.7 Å². The number of Topliss-reactive ketones (excluding diaryl/α,β-unsaturated/α-hetero) is 1. The number of rotatable bonds is 9. The molecule has 2 saturated carbocycles. The summed E-state index contributed by atoms with van der Waals surface area (Å²) >= 11 is 0. The van der Waals surface area contributed by atoms with Crippen molar-refractivity contribution in [2.75, 3.05) is 20.2 Å². The Morgan fingerprint density at radius 1 is 1.10 bits per heavy atom. The average Bonchev–Trinajstić information content (AvgIpc) is 3.34. The van der Waals surface area contributed by atoms with Crippen LogP contribution in [0.1, 0.15) is 61.9 Å². The van der Waals surface area contributed by atoms with Gasteiger partial charge in [-0.1, -0.05) is 12.5 Å². The zero-order chi connectivity index (χ0) is 28.7. The average molecular weight is 564 g/mol. The summed E-state index contributed by atoms with van der Waals surface area (Å²) in [4.78, 5) is 71.2. The number of carbonyl (C=O) groups excluding carboxylic acids is 5. The molecule has 1 aromatic carbocycles. The van der Waals surface area contributed by atoms with Gasteiger partial charge >= 0.3 is 0 Å². The van der Waals surface area contributed by atoms with Crippen LogP contribution in [-0.4, -0.2) is 77.6 Å². The minimum Gasteiger partial charge on any atom is -0.496 e. The van der Waals surface area contributed by atoms with Crippen LogP contribution < -0.4 is 20.7 Å². The molecule has 11 heteroatoms. The van der Waals surface area contributed by atoms with Crippen LogP contribution in [0.25, 0.3) is 10.9 Å². The SMILES string of the molecule is COc1cccc2[nH]c(C(=O)N3C[C@@H]4CCC[C@@H]4[C@H]3C(=O)NC(C[C@@H]3CCCNC3=O)C(=O)C(=O)NC3CC3)cc12. The predicted molar refractivity (Wildman–Crippen MR) is 149 cm³/mol. The first-order valence-corrected chi connectivity index (χ1v) is 14.7. The molecule has 3 heterocycles. The molecule has 4 amide bonds. The highest BCUT2D eigenvalue weighted by Crippen LogP contribution is 2.43. The maximum Gasteiger partial charge on any atom is 0.289 e. The fraction of sp³-hybridized carbons (Fsp3) is 0.567. The number of hydrogen-bond donors (Lipinski definition) is 4. The quantitative estimate of drug-likeness (QED) is 0.341. The number of amides is 4. The molecule has 2 aromatic rings. The normalized spacial score (nSPS) is 26.3. The van der Waals surface area contributed by atoms with E-state index in [0.29, 0.717) is 31.0 Å². The molecule has 1 aromatic heterocycles. The molecule has 2 aliphatic carbocycles. The van der Waals surface area contributed by atoms with Crippen LogP contribution in [0.2, 0.25) is 0 Å². The Balaban J connectivity index is 1.25. The predicted octanol–water partition coefficient (Wildman–Crippen LogP) is 1.67. The molecule has 41 heavy (non-hydrogen) atoms. The number of hydrogen-bond acceptors (Lipinski definition) is 6. The van der Waals surface area contributed by atoms with E-state index in [2.05, 4.69) is 20.9 Å². The van der Waals surface area contributed by atoms with Gasteiger partial charge in [-0.3, -0.25) is 24.0 Å². The summed E-state index contributed by atoms with van der Waals surface area (Å²) in [7, 11) is 1.57. The third-order valence-corrected chi connectivity index (χ3v) is 9.18. The number of piperidine rings is 1. The van der Waals surface area contributed by atoms with Gasteiger partial charge in [-0.05, 0) is 75.0 Å². The van der Waals surface area contributed by atoms with Gasteiger partial charge in [0.15, 0.2) is 0 Å². The molecule has 4 fully saturated rings. The molecule has 5 atom stereocenters. The van der Waals surface area contributed by atoms with Crippen LogP contribution in [0.4, 0.5) is 0 Å². The molecule has 0 bridgehead atoms. The lowest BCUT2D eigenvalue weighted by Crippen LogP contribution is -2.56. The van der Waals surface area contributed by atoms with Crippen molar-refractivity contribution >= 4 is 40.3 Å². The van der Waals surface area contributed by atoms with Crippen molar-refractivity contribution in [3.05, 3.63) is 30.0 Å². The number of ether oxygens (including phenoxy) is 1. The number of nitrogens with zero attached hydrogens (tertiary/aromatic N) is 1. The van der Waals surface area contributed by atoms with E-state index >= 15 is 0 Å². The molecule has 1 unspecified atom stereocenters. The van der Waals surface area contributed by atoms with E-state index < -0.39 is 35.6 Å². The molecule has 218 valence electrons. The van der Waals surface area contributed by atoms with Gasteiger partial charge in [-0.2, -0.15) is 0 Å². The smallest absolute Gasteiger partial charge is 0.289 e. The van der Waals surface area contributed by atoms with Gasteiger partial charge in [0, 0.05) is 36.0 Å². The molecule has 2 saturated heterocycles. The second-order valence-electron chi connectivity index (χ2n) is 11.9. The maximum atomic E-state index is 14.0. The van der Waals surface area contributed by atoms with Crippen LogP contribution in [0, 0.1) is 17.8 Å². The number of likely N-dealkylation sites (tertiary alicyclic amines) is 1. The van der Waals surface area contributed by atoms with Crippen LogP contribution >= 0.6 is 0 Å². The number of H-pyrrole nitrogens is 1. The molecule has 11 nitrogen and oxygen atoms in total. The summed E-state index contributed by atoms with van der Waals surface area (Å²) in [6.45, 7) is 1.02. The first-order chi connectivity index (χ1) is 19.8. The van der Waals surface area contributed by atoms with Crippen molar-refractivity contribution in [2.24, 2.45) is 17.8 Å². The molecule has 0 radical (unpaired) electrons. The topological polar surface area (TPSA) is 150 Å². The lowest BCUT2D eigenvalue weighted by molar-refractivity contribution is -0.141. The number of nitrogens with one attached hydrogen (secondary N) is 4. The summed E-state index contributed by atoms with van der Waals surface area (Å²) in [5, 5.41) is 9.15. The largest absolute Gasteiger partial charge is 0.496 e. The number of ketones is 1. The molecular weight excluding hydrogens is 526 g/mol. The Morgan fingerprint density at radius 2 is 1.93 bits per heavy atom. The number of benzene rings is 1. The van der Waals surface area contributed by atoms with Gasteiger partial charge in [-0.25, -0.2) is 0 Å². The zero-order valence-corrected chi connectivity index (χ0v) is 23.2. The van der Waals surface area contributed by atoms with Crippen LogP contribution in [0.5, 0.6) is 5.75 Å². The summed E-state index contributed by atoms with van der Waals surface area (Å²) in [5.41, 5.74) is 1.11. The summed E-state index contributed by atoms with van der Waals surface area (Å²) in [6, 6.07) is 5.33. The van der Waals surface area contributed by atoms with E-state index in [1.54, 1.807) is 18.1 Å². The van der Waals surface area contributed by atoms with Crippen LogP contribution in [-0.2, 0) is 19.2 Å². The maximum absolute atomic E-state index is 14.0. The van der Waals surface area contributed by atoms with Gasteiger partial charge in [0.2, 0.25) is 17.6 Å². The fourth-order valence-corrected chi connectivity index (χ4v) is 6.90. The van der Waals surface area contributed by atoms with Crippen molar-refractivity contribution in [1.29, 1.82) is 0 Å². The highest BCUT2D eigenvalue weighted by atomic mass is 16.5. The second-order valence-corrected chi connectivity index (χ2v) is 11.9. The molecule has 6 rings (SSSR count). The van der Waals surface area contributed by atoms with E-state index in [-0.39, 0.29) is 36.1 Å².